The Bertz CT molecular complexity index is 694. The van der Waals surface area contributed by atoms with Crippen molar-refractivity contribution >= 4 is 5.57 Å². The van der Waals surface area contributed by atoms with Crippen LogP contribution in [-0.4, -0.2) is 0 Å². The van der Waals surface area contributed by atoms with Crippen molar-refractivity contribution in [2.75, 3.05) is 0 Å². The average molecular weight is 322 g/mol. The Morgan fingerprint density at radius 2 is 1.83 bits per heavy atom. The summed E-state index contributed by atoms with van der Waals surface area (Å²) in [6, 6.07) is 10.9. The van der Waals surface area contributed by atoms with Crippen LogP contribution in [0.5, 0.6) is 0 Å². The third-order valence-electron chi connectivity index (χ3n) is 4.42. The van der Waals surface area contributed by atoms with Crippen molar-refractivity contribution < 1.29 is 4.42 Å². The van der Waals surface area contributed by atoms with Gasteiger partial charge in [0.1, 0.15) is 11.5 Å². The van der Waals surface area contributed by atoms with Crippen LogP contribution in [-0.2, 0) is 6.42 Å². The number of hydrogen-bond acceptors (Lipinski definition) is 1. The molecule has 0 N–H and O–H groups in total. The van der Waals surface area contributed by atoms with Gasteiger partial charge < -0.3 is 4.42 Å². The SMILES string of the molecule is C=CCC(=C(C)C)c1cc(CCCCC)c(-c2ccc(C)cc2)o1. The Balaban J connectivity index is 2.44. The standard InChI is InChI=1S/C23H30O/c1-6-8-9-11-20-16-22(21(10-7-2)17(3)4)24-23(20)19-14-12-18(5)13-15-19/h7,12-16H,2,6,8-11H2,1,3-5H3. The molecule has 1 nitrogen and oxygen atoms in total. The first-order chi connectivity index (χ1) is 11.6. The summed E-state index contributed by atoms with van der Waals surface area (Å²) in [6.07, 6.45) is 7.58. The van der Waals surface area contributed by atoms with Crippen molar-refractivity contribution in [2.24, 2.45) is 0 Å². The number of unbranched alkanes of at least 4 members (excludes halogenated alkanes) is 2. The van der Waals surface area contributed by atoms with E-state index >= 15 is 0 Å². The predicted molar refractivity (Wildman–Crippen MR) is 105 cm³/mol. The van der Waals surface area contributed by atoms with Gasteiger partial charge in [0.15, 0.2) is 0 Å². The second-order valence-electron chi connectivity index (χ2n) is 6.76. The molecule has 0 radical (unpaired) electrons. The molecule has 0 saturated carbocycles. The molecule has 0 bridgehead atoms. The molecule has 1 heteroatoms. The molecule has 128 valence electrons. The van der Waals surface area contributed by atoms with E-state index in [1.54, 1.807) is 0 Å². The molecule has 0 aliphatic heterocycles. The van der Waals surface area contributed by atoms with Crippen LogP contribution in [0.1, 0.15) is 63.3 Å². The van der Waals surface area contributed by atoms with Crippen molar-refractivity contribution in [1.29, 1.82) is 0 Å². The third kappa shape index (κ3) is 4.50. The molecule has 0 spiro atoms. The van der Waals surface area contributed by atoms with Crippen molar-refractivity contribution in [3.63, 3.8) is 0 Å². The van der Waals surface area contributed by atoms with E-state index in [0.29, 0.717) is 0 Å². The molecule has 1 aromatic carbocycles. The van der Waals surface area contributed by atoms with Gasteiger partial charge in [-0.25, -0.2) is 0 Å². The normalized spacial score (nSPS) is 10.7. The van der Waals surface area contributed by atoms with Crippen LogP contribution in [0.3, 0.4) is 0 Å². The first-order valence-electron chi connectivity index (χ1n) is 9.04. The molecule has 0 unspecified atom stereocenters. The zero-order chi connectivity index (χ0) is 17.5. The number of furan rings is 1. The number of allylic oxidation sites excluding steroid dienone is 3. The van der Waals surface area contributed by atoms with Gasteiger partial charge in [-0.15, -0.1) is 6.58 Å². The zero-order valence-electron chi connectivity index (χ0n) is 15.6. The van der Waals surface area contributed by atoms with E-state index in [-0.39, 0.29) is 0 Å². The third-order valence-corrected chi connectivity index (χ3v) is 4.42. The molecule has 1 aromatic heterocycles. The van der Waals surface area contributed by atoms with E-state index in [1.165, 1.54) is 47.1 Å². The summed E-state index contributed by atoms with van der Waals surface area (Å²) in [5.74, 6) is 2.03. The van der Waals surface area contributed by atoms with Crippen LogP contribution >= 0.6 is 0 Å². The van der Waals surface area contributed by atoms with E-state index in [9.17, 15) is 0 Å². The summed E-state index contributed by atoms with van der Waals surface area (Å²) in [5.41, 5.74) is 6.31. The van der Waals surface area contributed by atoms with Crippen LogP contribution in [0.25, 0.3) is 16.9 Å². The maximum Gasteiger partial charge on any atom is 0.137 e. The Morgan fingerprint density at radius 1 is 1.12 bits per heavy atom. The monoisotopic (exact) mass is 322 g/mol. The number of benzene rings is 1. The first kappa shape index (κ1) is 18.3. The Hall–Kier alpha value is -2.02. The highest BCUT2D eigenvalue weighted by molar-refractivity contribution is 5.71. The highest BCUT2D eigenvalue weighted by Crippen LogP contribution is 2.34. The molecule has 0 aliphatic rings. The van der Waals surface area contributed by atoms with Gasteiger partial charge in [-0.1, -0.05) is 61.2 Å². The van der Waals surface area contributed by atoms with E-state index in [4.69, 9.17) is 4.42 Å². The second-order valence-corrected chi connectivity index (χ2v) is 6.76. The molecule has 2 rings (SSSR count). The second kappa shape index (κ2) is 8.73. The molecule has 0 amide bonds. The van der Waals surface area contributed by atoms with Gasteiger partial charge in [-0.3, -0.25) is 0 Å². The quantitative estimate of drug-likeness (QED) is 0.365. The van der Waals surface area contributed by atoms with Gasteiger partial charge in [0, 0.05) is 5.56 Å². The molecule has 0 aliphatic carbocycles. The van der Waals surface area contributed by atoms with Gasteiger partial charge in [0.2, 0.25) is 0 Å². The van der Waals surface area contributed by atoms with Gasteiger partial charge in [0.05, 0.1) is 0 Å². The Labute approximate surface area is 147 Å². The summed E-state index contributed by atoms with van der Waals surface area (Å²) >= 11 is 0. The lowest BCUT2D eigenvalue weighted by molar-refractivity contribution is 0.562. The van der Waals surface area contributed by atoms with Gasteiger partial charge in [-0.2, -0.15) is 0 Å². The summed E-state index contributed by atoms with van der Waals surface area (Å²) in [5, 5.41) is 0. The van der Waals surface area contributed by atoms with Gasteiger partial charge in [0.25, 0.3) is 0 Å². The van der Waals surface area contributed by atoms with Crippen LogP contribution in [0.4, 0.5) is 0 Å². The highest BCUT2D eigenvalue weighted by Gasteiger charge is 2.16. The fraction of sp³-hybridized carbons (Fsp3) is 0.391. The Kier molecular flexibility index (Phi) is 6.66. The minimum atomic E-state index is 0.845. The van der Waals surface area contributed by atoms with E-state index < -0.39 is 0 Å². The van der Waals surface area contributed by atoms with Crippen molar-refractivity contribution in [1.82, 2.24) is 0 Å². The predicted octanol–water partition coefficient (Wildman–Crippen LogP) is 7.36. The summed E-state index contributed by atoms with van der Waals surface area (Å²) in [7, 11) is 0. The lowest BCUT2D eigenvalue weighted by Crippen LogP contribution is -1.86. The smallest absolute Gasteiger partial charge is 0.137 e. The summed E-state index contributed by atoms with van der Waals surface area (Å²) in [4.78, 5) is 0. The molecule has 1 heterocycles. The van der Waals surface area contributed by atoms with Crippen LogP contribution < -0.4 is 0 Å². The van der Waals surface area contributed by atoms with Crippen molar-refractivity contribution in [3.05, 3.63) is 65.4 Å². The fourth-order valence-electron chi connectivity index (χ4n) is 2.97. The lowest BCUT2D eigenvalue weighted by Gasteiger charge is -2.05. The molecule has 0 atom stereocenters. The van der Waals surface area contributed by atoms with Crippen LogP contribution in [0.2, 0.25) is 0 Å². The average Bonchev–Trinajstić information content (AvgIpc) is 2.97. The highest BCUT2D eigenvalue weighted by atomic mass is 16.3. The van der Waals surface area contributed by atoms with Crippen LogP contribution in [0, 0.1) is 6.92 Å². The fourth-order valence-corrected chi connectivity index (χ4v) is 2.97. The Morgan fingerprint density at radius 3 is 2.42 bits per heavy atom. The molecular weight excluding hydrogens is 292 g/mol. The van der Waals surface area contributed by atoms with E-state index in [1.807, 2.05) is 6.08 Å². The molecular formula is C23H30O. The van der Waals surface area contributed by atoms with Gasteiger partial charge in [-0.05, 0) is 57.2 Å². The van der Waals surface area contributed by atoms with E-state index in [0.717, 1.165) is 24.4 Å². The summed E-state index contributed by atoms with van der Waals surface area (Å²) < 4.78 is 6.34. The molecule has 2 aromatic rings. The lowest BCUT2D eigenvalue weighted by atomic mass is 10.0. The maximum atomic E-state index is 6.34. The molecule has 0 fully saturated rings. The zero-order valence-corrected chi connectivity index (χ0v) is 15.6. The number of rotatable bonds is 8. The first-order valence-corrected chi connectivity index (χ1v) is 9.04. The van der Waals surface area contributed by atoms with Crippen molar-refractivity contribution in [2.45, 2.75) is 59.8 Å². The minimum absolute atomic E-state index is 0.845. The van der Waals surface area contributed by atoms with Crippen LogP contribution in [0.15, 0.2) is 53.0 Å². The van der Waals surface area contributed by atoms with E-state index in [2.05, 4.69) is 64.6 Å². The number of aryl methyl sites for hydroxylation is 2. The number of hydrogen-bond donors (Lipinski definition) is 0. The van der Waals surface area contributed by atoms with Gasteiger partial charge >= 0.3 is 0 Å². The van der Waals surface area contributed by atoms with Crippen molar-refractivity contribution in [3.8, 4) is 11.3 Å². The molecule has 24 heavy (non-hydrogen) atoms. The topological polar surface area (TPSA) is 13.1 Å². The summed E-state index contributed by atoms with van der Waals surface area (Å²) in [6.45, 7) is 12.5. The minimum Gasteiger partial charge on any atom is -0.456 e. The maximum absolute atomic E-state index is 6.34. The largest absolute Gasteiger partial charge is 0.456 e. The molecule has 0 saturated heterocycles.